The van der Waals surface area contributed by atoms with Crippen LogP contribution in [0.4, 0.5) is 0 Å². The molecule has 1 aromatic heterocycles. The highest BCUT2D eigenvalue weighted by Gasteiger charge is 2.42. The zero-order valence-corrected chi connectivity index (χ0v) is 20.9. The number of aromatic nitrogens is 1. The maximum Gasteiger partial charge on any atom is 0.255 e. The summed E-state index contributed by atoms with van der Waals surface area (Å²) in [6, 6.07) is 9.67. The van der Waals surface area contributed by atoms with Gasteiger partial charge in [0, 0.05) is 37.3 Å². The molecule has 2 aliphatic rings. The summed E-state index contributed by atoms with van der Waals surface area (Å²) in [4.78, 5) is 19.3. The fourth-order valence-corrected chi connectivity index (χ4v) is 4.82. The molecular weight excluding hydrogens is 428 g/mol. The van der Waals surface area contributed by atoms with Gasteiger partial charge in [0.1, 0.15) is 12.5 Å². The van der Waals surface area contributed by atoms with E-state index in [1.807, 2.05) is 51.2 Å². The Kier molecular flexibility index (Phi) is 7.39. The van der Waals surface area contributed by atoms with Gasteiger partial charge in [-0.05, 0) is 82.0 Å². The third-order valence-electron chi connectivity index (χ3n) is 6.39. The second-order valence-electron chi connectivity index (χ2n) is 9.96. The first-order valence-corrected chi connectivity index (χ1v) is 12.2. The van der Waals surface area contributed by atoms with Crippen LogP contribution >= 0.6 is 0 Å². The van der Waals surface area contributed by atoms with Gasteiger partial charge in [0.2, 0.25) is 0 Å². The Morgan fingerprint density at radius 1 is 1.21 bits per heavy atom. The molecule has 6 heteroatoms. The standard InChI is InChI=1S/C28H36N2O4/c1-19(2)33-25-14-24(23-7-6-11-29-17-23)15-28(16-25)10-12-30(18-32-28)27(31)22-8-9-26(21(5)13-22)34-20(3)4/h6-9,11,13-14,17,19-20,25H,10,12,15-16,18H2,1-5H3. The number of carbonyl (C=O) groups is 1. The molecule has 2 heterocycles. The van der Waals surface area contributed by atoms with Crippen molar-refractivity contribution in [2.75, 3.05) is 13.3 Å². The van der Waals surface area contributed by atoms with Gasteiger partial charge in [0.15, 0.2) is 0 Å². The molecule has 0 bridgehead atoms. The van der Waals surface area contributed by atoms with Crippen molar-refractivity contribution >= 4 is 11.5 Å². The van der Waals surface area contributed by atoms with Crippen molar-refractivity contribution in [3.63, 3.8) is 0 Å². The Morgan fingerprint density at radius 3 is 2.65 bits per heavy atom. The van der Waals surface area contributed by atoms with E-state index in [-0.39, 0.29) is 36.6 Å². The number of aryl methyl sites for hydroxylation is 1. The van der Waals surface area contributed by atoms with Crippen LogP contribution in [0.3, 0.4) is 0 Å². The Bertz CT molecular complexity index is 1020. The van der Waals surface area contributed by atoms with Crippen molar-refractivity contribution in [1.29, 1.82) is 0 Å². The van der Waals surface area contributed by atoms with Crippen LogP contribution in [-0.4, -0.2) is 53.0 Å². The van der Waals surface area contributed by atoms with Crippen LogP contribution in [0, 0.1) is 6.92 Å². The van der Waals surface area contributed by atoms with Gasteiger partial charge in [-0.15, -0.1) is 0 Å². The lowest BCUT2D eigenvalue weighted by Gasteiger charge is -2.46. The topological polar surface area (TPSA) is 60.9 Å². The van der Waals surface area contributed by atoms with E-state index in [0.717, 1.165) is 36.1 Å². The molecule has 0 saturated carbocycles. The molecule has 1 fully saturated rings. The van der Waals surface area contributed by atoms with E-state index in [1.165, 1.54) is 5.57 Å². The lowest BCUT2D eigenvalue weighted by atomic mass is 9.78. The lowest BCUT2D eigenvalue weighted by Crippen LogP contribution is -2.51. The highest BCUT2D eigenvalue weighted by Crippen LogP contribution is 2.42. The summed E-state index contributed by atoms with van der Waals surface area (Å²) in [5, 5.41) is 0. The summed E-state index contributed by atoms with van der Waals surface area (Å²) in [7, 11) is 0. The summed E-state index contributed by atoms with van der Waals surface area (Å²) >= 11 is 0. The number of hydrogen-bond donors (Lipinski definition) is 0. The minimum absolute atomic E-state index is 0.0112. The van der Waals surface area contributed by atoms with Crippen molar-refractivity contribution < 1.29 is 19.0 Å². The largest absolute Gasteiger partial charge is 0.491 e. The van der Waals surface area contributed by atoms with Gasteiger partial charge in [0.05, 0.1) is 23.9 Å². The fraction of sp³-hybridized carbons (Fsp3) is 0.500. The molecule has 1 saturated heterocycles. The second-order valence-corrected chi connectivity index (χ2v) is 9.96. The number of pyridine rings is 1. The van der Waals surface area contributed by atoms with Gasteiger partial charge in [-0.3, -0.25) is 9.78 Å². The maximum atomic E-state index is 13.2. The van der Waals surface area contributed by atoms with Crippen LogP contribution in [0.1, 0.15) is 68.4 Å². The van der Waals surface area contributed by atoms with E-state index in [2.05, 4.69) is 31.0 Å². The maximum absolute atomic E-state index is 13.2. The van der Waals surface area contributed by atoms with E-state index in [0.29, 0.717) is 12.1 Å². The van der Waals surface area contributed by atoms with Crippen LogP contribution in [0.15, 0.2) is 48.8 Å². The van der Waals surface area contributed by atoms with Crippen LogP contribution in [-0.2, 0) is 9.47 Å². The first kappa shape index (κ1) is 24.4. The Balaban J connectivity index is 1.46. The normalized spacial score (nSPS) is 22.9. The van der Waals surface area contributed by atoms with Gasteiger partial charge < -0.3 is 19.1 Å². The molecule has 1 aliphatic heterocycles. The van der Waals surface area contributed by atoms with E-state index in [1.54, 1.807) is 11.1 Å². The lowest BCUT2D eigenvalue weighted by molar-refractivity contribution is -0.146. The van der Waals surface area contributed by atoms with Gasteiger partial charge in [-0.25, -0.2) is 0 Å². The summed E-state index contributed by atoms with van der Waals surface area (Å²) in [6.07, 6.45) is 8.43. The highest BCUT2D eigenvalue weighted by molar-refractivity contribution is 5.94. The molecular formula is C28H36N2O4. The van der Waals surface area contributed by atoms with Crippen molar-refractivity contribution in [2.45, 2.75) is 77.8 Å². The summed E-state index contributed by atoms with van der Waals surface area (Å²) < 4.78 is 18.5. The second kappa shape index (κ2) is 10.3. The molecule has 4 rings (SSSR count). The van der Waals surface area contributed by atoms with Crippen molar-refractivity contribution in [2.24, 2.45) is 0 Å². The van der Waals surface area contributed by atoms with Gasteiger partial charge in [-0.1, -0.05) is 12.1 Å². The van der Waals surface area contributed by atoms with Crippen LogP contribution < -0.4 is 4.74 Å². The third-order valence-corrected chi connectivity index (χ3v) is 6.39. The molecule has 6 nitrogen and oxygen atoms in total. The molecule has 1 amide bonds. The fourth-order valence-electron chi connectivity index (χ4n) is 4.82. The van der Waals surface area contributed by atoms with Crippen molar-refractivity contribution in [1.82, 2.24) is 9.88 Å². The van der Waals surface area contributed by atoms with E-state index < -0.39 is 0 Å². The molecule has 2 atom stereocenters. The molecule has 2 aromatic rings. The quantitative estimate of drug-likeness (QED) is 0.572. The van der Waals surface area contributed by atoms with E-state index in [9.17, 15) is 4.79 Å². The number of ether oxygens (including phenoxy) is 3. The number of hydrogen-bond acceptors (Lipinski definition) is 5. The zero-order chi connectivity index (χ0) is 24.3. The minimum Gasteiger partial charge on any atom is -0.491 e. The molecule has 1 aromatic carbocycles. The molecule has 0 radical (unpaired) electrons. The van der Waals surface area contributed by atoms with Crippen molar-refractivity contribution in [3.8, 4) is 5.75 Å². The number of amides is 1. The van der Waals surface area contributed by atoms with Crippen molar-refractivity contribution in [3.05, 3.63) is 65.5 Å². The molecule has 0 N–H and O–H groups in total. The predicted molar refractivity (Wildman–Crippen MR) is 133 cm³/mol. The predicted octanol–water partition coefficient (Wildman–Crippen LogP) is 5.41. The molecule has 1 aliphatic carbocycles. The average Bonchev–Trinajstić information content (AvgIpc) is 2.80. The molecule has 2 unspecified atom stereocenters. The summed E-state index contributed by atoms with van der Waals surface area (Å²) in [5.74, 6) is 0.802. The number of nitrogens with zero attached hydrogens (tertiary/aromatic N) is 2. The highest BCUT2D eigenvalue weighted by atomic mass is 16.5. The smallest absolute Gasteiger partial charge is 0.255 e. The minimum atomic E-state index is -0.346. The summed E-state index contributed by atoms with van der Waals surface area (Å²) in [5.41, 5.74) is 3.57. The first-order chi connectivity index (χ1) is 16.2. The molecule has 34 heavy (non-hydrogen) atoms. The monoisotopic (exact) mass is 464 g/mol. The Labute approximate surface area is 202 Å². The van der Waals surface area contributed by atoms with Crippen LogP contribution in [0.25, 0.3) is 5.57 Å². The number of benzene rings is 1. The Hall–Kier alpha value is -2.70. The van der Waals surface area contributed by atoms with Crippen LogP contribution in [0.2, 0.25) is 0 Å². The van der Waals surface area contributed by atoms with Crippen LogP contribution in [0.5, 0.6) is 5.75 Å². The average molecular weight is 465 g/mol. The summed E-state index contributed by atoms with van der Waals surface area (Å²) in [6.45, 7) is 11.0. The SMILES string of the molecule is Cc1cc(C(=O)N2CCC3(CC(c4cccnc4)=CC(OC(C)C)C3)OC2)ccc1OC(C)C. The number of rotatable bonds is 6. The first-order valence-electron chi connectivity index (χ1n) is 12.2. The van der Waals surface area contributed by atoms with E-state index in [4.69, 9.17) is 14.2 Å². The third kappa shape index (κ3) is 5.68. The zero-order valence-electron chi connectivity index (χ0n) is 20.9. The number of carbonyl (C=O) groups excluding carboxylic acids is 1. The molecule has 1 spiro atoms. The van der Waals surface area contributed by atoms with Gasteiger partial charge in [-0.2, -0.15) is 0 Å². The Morgan fingerprint density at radius 2 is 2.03 bits per heavy atom. The van der Waals surface area contributed by atoms with E-state index >= 15 is 0 Å². The van der Waals surface area contributed by atoms with Gasteiger partial charge in [0.25, 0.3) is 5.91 Å². The molecule has 182 valence electrons. The van der Waals surface area contributed by atoms with Gasteiger partial charge >= 0.3 is 0 Å².